The summed E-state index contributed by atoms with van der Waals surface area (Å²) in [5.74, 6) is 1.75. The van der Waals surface area contributed by atoms with Gasteiger partial charge in [-0.05, 0) is 49.0 Å². The van der Waals surface area contributed by atoms with E-state index in [1.165, 1.54) is 4.88 Å². The lowest BCUT2D eigenvalue weighted by Gasteiger charge is -2.24. The molecule has 1 fully saturated rings. The lowest BCUT2D eigenvalue weighted by molar-refractivity contribution is -0.135. The molecule has 1 unspecified atom stereocenters. The average molecular weight is 411 g/mol. The molecular weight excluding hydrogens is 384 g/mol. The molecule has 27 heavy (non-hydrogen) atoms. The Hall–Kier alpha value is -1.76. The Morgan fingerprint density at radius 1 is 1.33 bits per heavy atom. The smallest absolute Gasteiger partial charge is 0.227 e. The van der Waals surface area contributed by atoms with Crippen molar-refractivity contribution < 1.29 is 14.3 Å². The van der Waals surface area contributed by atoms with Crippen molar-refractivity contribution in [1.82, 2.24) is 10.2 Å². The van der Waals surface area contributed by atoms with Gasteiger partial charge in [-0.2, -0.15) is 0 Å². The van der Waals surface area contributed by atoms with Crippen molar-refractivity contribution in [3.63, 3.8) is 0 Å². The Balaban J connectivity index is 0.00000261. The molecule has 5 nitrogen and oxygen atoms in total. The average Bonchev–Trinajstić information content (AvgIpc) is 3.38. The van der Waals surface area contributed by atoms with Crippen molar-refractivity contribution in [2.45, 2.75) is 26.5 Å². The van der Waals surface area contributed by atoms with E-state index < -0.39 is 0 Å². The maximum absolute atomic E-state index is 12.7. The number of thiophene rings is 1. The fourth-order valence-corrected chi connectivity index (χ4v) is 3.78. The normalized spacial score (nSPS) is 15.9. The molecule has 0 aliphatic carbocycles. The Morgan fingerprint density at radius 3 is 2.81 bits per heavy atom. The molecule has 0 bridgehead atoms. The summed E-state index contributed by atoms with van der Waals surface area (Å²) in [5, 5.41) is 5.30. The minimum atomic E-state index is 0. The van der Waals surface area contributed by atoms with E-state index in [9.17, 15) is 4.79 Å². The van der Waals surface area contributed by atoms with Crippen molar-refractivity contribution >= 4 is 29.7 Å². The zero-order valence-electron chi connectivity index (χ0n) is 15.8. The first-order chi connectivity index (χ1) is 12.7. The number of halogens is 1. The molecule has 1 amide bonds. The summed E-state index contributed by atoms with van der Waals surface area (Å²) in [6.45, 7) is 5.56. The van der Waals surface area contributed by atoms with Crippen LogP contribution in [0.2, 0.25) is 0 Å². The molecule has 1 aromatic carbocycles. The van der Waals surface area contributed by atoms with Crippen molar-refractivity contribution in [1.29, 1.82) is 0 Å². The number of amides is 1. The number of hydrogen-bond acceptors (Lipinski definition) is 5. The standard InChI is InChI=1S/C20H26N2O3S.ClH/c1-3-22(20(23)16-8-9-21-12-16)13-15-6-7-18(19(11-15)24-2)25-14-17-5-4-10-26-17;/h4-7,10-11,16,21H,3,8-9,12-14H2,1-2H3;1H. The molecule has 2 heterocycles. The van der Waals surface area contributed by atoms with Crippen LogP contribution in [0.5, 0.6) is 11.5 Å². The van der Waals surface area contributed by atoms with Crippen LogP contribution >= 0.6 is 23.7 Å². The zero-order valence-corrected chi connectivity index (χ0v) is 17.4. The number of ether oxygens (including phenoxy) is 2. The van der Waals surface area contributed by atoms with Crippen molar-refractivity contribution in [2.75, 3.05) is 26.7 Å². The highest BCUT2D eigenvalue weighted by molar-refractivity contribution is 7.09. The largest absolute Gasteiger partial charge is 0.493 e. The summed E-state index contributed by atoms with van der Waals surface area (Å²) in [6, 6.07) is 9.97. The van der Waals surface area contributed by atoms with Gasteiger partial charge in [0.25, 0.3) is 0 Å². The molecule has 0 spiro atoms. The number of rotatable bonds is 8. The van der Waals surface area contributed by atoms with Crippen LogP contribution in [0.3, 0.4) is 0 Å². The van der Waals surface area contributed by atoms with E-state index >= 15 is 0 Å². The summed E-state index contributed by atoms with van der Waals surface area (Å²) >= 11 is 1.67. The van der Waals surface area contributed by atoms with Gasteiger partial charge in [-0.25, -0.2) is 0 Å². The molecule has 1 aliphatic rings. The topological polar surface area (TPSA) is 50.8 Å². The van der Waals surface area contributed by atoms with Gasteiger partial charge in [-0.1, -0.05) is 12.1 Å². The van der Waals surface area contributed by atoms with Gasteiger partial charge in [0.2, 0.25) is 5.91 Å². The first-order valence-corrected chi connectivity index (χ1v) is 9.90. The predicted octanol–water partition coefficient (Wildman–Crippen LogP) is 3.72. The van der Waals surface area contributed by atoms with Gasteiger partial charge in [0.05, 0.1) is 13.0 Å². The van der Waals surface area contributed by atoms with E-state index in [4.69, 9.17) is 9.47 Å². The maximum atomic E-state index is 12.7. The fourth-order valence-electron chi connectivity index (χ4n) is 3.16. The zero-order chi connectivity index (χ0) is 18.4. The Labute approximate surface area is 171 Å². The van der Waals surface area contributed by atoms with Gasteiger partial charge < -0.3 is 19.7 Å². The number of methoxy groups -OCH3 is 1. The molecule has 1 atom stereocenters. The van der Waals surface area contributed by atoms with Crippen molar-refractivity contribution in [2.24, 2.45) is 5.92 Å². The van der Waals surface area contributed by atoms with Crippen molar-refractivity contribution in [3.05, 3.63) is 46.2 Å². The third-order valence-corrected chi connectivity index (χ3v) is 5.50. The third kappa shape index (κ3) is 5.61. The van der Waals surface area contributed by atoms with Gasteiger partial charge in [0.1, 0.15) is 6.61 Å². The van der Waals surface area contributed by atoms with E-state index in [2.05, 4.69) is 5.32 Å². The fraction of sp³-hybridized carbons (Fsp3) is 0.450. The van der Waals surface area contributed by atoms with Crippen LogP contribution in [0.15, 0.2) is 35.7 Å². The van der Waals surface area contributed by atoms with Crippen LogP contribution in [-0.2, 0) is 17.9 Å². The monoisotopic (exact) mass is 410 g/mol. The highest BCUT2D eigenvalue weighted by atomic mass is 35.5. The number of benzene rings is 1. The summed E-state index contributed by atoms with van der Waals surface area (Å²) < 4.78 is 11.4. The molecule has 1 N–H and O–H groups in total. The first-order valence-electron chi connectivity index (χ1n) is 9.03. The second kappa shape index (κ2) is 10.5. The van der Waals surface area contributed by atoms with E-state index in [1.807, 2.05) is 47.5 Å². The summed E-state index contributed by atoms with van der Waals surface area (Å²) in [7, 11) is 1.64. The van der Waals surface area contributed by atoms with Crippen LogP contribution in [0.1, 0.15) is 23.8 Å². The number of hydrogen-bond donors (Lipinski definition) is 1. The lowest BCUT2D eigenvalue weighted by atomic mass is 10.1. The van der Waals surface area contributed by atoms with E-state index in [-0.39, 0.29) is 24.2 Å². The second-order valence-corrected chi connectivity index (χ2v) is 7.43. The minimum Gasteiger partial charge on any atom is -0.493 e. The van der Waals surface area contributed by atoms with Crippen LogP contribution in [0.25, 0.3) is 0 Å². The van der Waals surface area contributed by atoms with Crippen molar-refractivity contribution in [3.8, 4) is 11.5 Å². The number of nitrogens with one attached hydrogen (secondary N) is 1. The Bertz CT molecular complexity index is 718. The summed E-state index contributed by atoms with van der Waals surface area (Å²) in [6.07, 6.45) is 0.925. The first kappa shape index (κ1) is 21.5. The van der Waals surface area contributed by atoms with E-state index in [0.717, 1.165) is 30.8 Å². The number of nitrogens with zero attached hydrogens (tertiary/aromatic N) is 1. The SMILES string of the molecule is CCN(Cc1ccc(OCc2cccs2)c(OC)c1)C(=O)C1CCNC1.Cl. The molecule has 1 aliphatic heterocycles. The molecule has 7 heteroatoms. The van der Waals surface area contributed by atoms with Crippen LogP contribution in [-0.4, -0.2) is 37.6 Å². The maximum Gasteiger partial charge on any atom is 0.227 e. The summed E-state index contributed by atoms with van der Waals surface area (Å²) in [4.78, 5) is 15.8. The Kier molecular flexibility index (Phi) is 8.41. The van der Waals surface area contributed by atoms with E-state index in [0.29, 0.717) is 25.4 Å². The van der Waals surface area contributed by atoms with Gasteiger partial charge in [0.15, 0.2) is 11.5 Å². The highest BCUT2D eigenvalue weighted by Gasteiger charge is 2.26. The van der Waals surface area contributed by atoms with Crippen LogP contribution in [0.4, 0.5) is 0 Å². The summed E-state index contributed by atoms with van der Waals surface area (Å²) in [5.41, 5.74) is 1.05. The predicted molar refractivity (Wildman–Crippen MR) is 111 cm³/mol. The van der Waals surface area contributed by atoms with Crippen LogP contribution in [0, 0.1) is 5.92 Å². The quantitative estimate of drug-likeness (QED) is 0.720. The Morgan fingerprint density at radius 2 is 2.19 bits per heavy atom. The second-order valence-electron chi connectivity index (χ2n) is 6.40. The number of carbonyl (C=O) groups excluding carboxylic acids is 1. The minimum absolute atomic E-state index is 0. The van der Waals surface area contributed by atoms with Gasteiger partial charge >= 0.3 is 0 Å². The molecule has 1 aromatic heterocycles. The third-order valence-electron chi connectivity index (χ3n) is 4.65. The van der Waals surface area contributed by atoms with Gasteiger partial charge in [-0.3, -0.25) is 4.79 Å². The molecule has 148 valence electrons. The van der Waals surface area contributed by atoms with E-state index in [1.54, 1.807) is 18.4 Å². The molecule has 0 saturated carbocycles. The molecule has 1 saturated heterocycles. The highest BCUT2D eigenvalue weighted by Crippen LogP contribution is 2.30. The molecular formula is C20H27ClN2O3S. The number of carbonyl (C=O) groups is 1. The molecule has 2 aromatic rings. The van der Waals surface area contributed by atoms with Gasteiger partial charge in [0, 0.05) is 24.5 Å². The molecule has 3 rings (SSSR count). The molecule has 0 radical (unpaired) electrons. The van der Waals surface area contributed by atoms with Crippen LogP contribution < -0.4 is 14.8 Å². The van der Waals surface area contributed by atoms with Gasteiger partial charge in [-0.15, -0.1) is 23.7 Å². The lowest BCUT2D eigenvalue weighted by Crippen LogP contribution is -2.36.